The molecule has 0 unspecified atom stereocenters. The Labute approximate surface area is 73.2 Å². The Kier molecular flexibility index (Phi) is 1.54. The van der Waals surface area contributed by atoms with E-state index >= 15 is 0 Å². The van der Waals surface area contributed by atoms with E-state index in [1.54, 1.807) is 13.2 Å². The maximum Gasteiger partial charge on any atom is 0.413 e. The maximum atomic E-state index is 11.1. The highest BCUT2D eigenvalue weighted by atomic mass is 16.5. The molecule has 0 bridgehead atoms. The first kappa shape index (κ1) is 7.78. The summed E-state index contributed by atoms with van der Waals surface area (Å²) < 4.78 is 6.03. The van der Waals surface area contributed by atoms with Gasteiger partial charge in [0.25, 0.3) is 0 Å². The molecule has 6 heteroatoms. The number of anilines is 1. The molecule has 0 radical (unpaired) electrons. The minimum atomic E-state index is -0.576. The van der Waals surface area contributed by atoms with Crippen molar-refractivity contribution in [1.82, 2.24) is 9.55 Å². The molecule has 2 rings (SSSR count). The van der Waals surface area contributed by atoms with E-state index in [2.05, 4.69) is 10.3 Å². The Morgan fingerprint density at radius 1 is 1.62 bits per heavy atom. The lowest BCUT2D eigenvalue weighted by Gasteiger charge is -2.15. The zero-order valence-corrected chi connectivity index (χ0v) is 6.90. The summed E-state index contributed by atoms with van der Waals surface area (Å²) in [4.78, 5) is 25.5. The van der Waals surface area contributed by atoms with E-state index in [9.17, 15) is 9.59 Å². The van der Waals surface area contributed by atoms with Gasteiger partial charge in [-0.3, -0.25) is 5.32 Å². The molecule has 0 spiro atoms. The topological polar surface area (TPSA) is 73.2 Å². The second-order valence-electron chi connectivity index (χ2n) is 2.71. The monoisotopic (exact) mass is 181 g/mol. The molecule has 0 aromatic carbocycles. The quantitative estimate of drug-likeness (QED) is 0.603. The number of nitrogens with one attached hydrogen (secondary N) is 1. The summed E-state index contributed by atoms with van der Waals surface area (Å²) in [6.07, 6.45) is 1.01. The van der Waals surface area contributed by atoms with Crippen molar-refractivity contribution in [3.05, 3.63) is 22.2 Å². The largest absolute Gasteiger partial charge is 0.444 e. The van der Waals surface area contributed by atoms with Gasteiger partial charge in [0.2, 0.25) is 0 Å². The average molecular weight is 181 g/mol. The Hall–Kier alpha value is -1.85. The lowest BCUT2D eigenvalue weighted by atomic mass is 10.3. The molecule has 1 N–H and O–H groups in total. The van der Waals surface area contributed by atoms with Crippen LogP contribution in [-0.2, 0) is 18.4 Å². The van der Waals surface area contributed by atoms with Crippen LogP contribution in [-0.4, -0.2) is 15.6 Å². The van der Waals surface area contributed by atoms with Crippen molar-refractivity contribution in [3.63, 3.8) is 0 Å². The minimum absolute atomic E-state index is 0.155. The number of rotatable bonds is 0. The van der Waals surface area contributed by atoms with Gasteiger partial charge in [-0.2, -0.15) is 4.98 Å². The number of hydrogen-bond acceptors (Lipinski definition) is 4. The van der Waals surface area contributed by atoms with Gasteiger partial charge < -0.3 is 9.30 Å². The summed E-state index contributed by atoms with van der Waals surface area (Å²) >= 11 is 0. The van der Waals surface area contributed by atoms with Crippen molar-refractivity contribution in [2.75, 3.05) is 5.32 Å². The van der Waals surface area contributed by atoms with Gasteiger partial charge in [0.05, 0.1) is 0 Å². The predicted octanol–water partition coefficient (Wildman–Crippen LogP) is -0.158. The van der Waals surface area contributed by atoms with Crippen LogP contribution < -0.4 is 11.0 Å². The second kappa shape index (κ2) is 2.58. The van der Waals surface area contributed by atoms with Crippen molar-refractivity contribution in [1.29, 1.82) is 0 Å². The summed E-state index contributed by atoms with van der Waals surface area (Å²) in [7, 11) is 1.59. The predicted molar refractivity (Wildman–Crippen MR) is 43.3 cm³/mol. The third kappa shape index (κ3) is 1.26. The Morgan fingerprint density at radius 2 is 2.38 bits per heavy atom. The number of aryl methyl sites for hydroxylation is 1. The molecule has 2 heterocycles. The van der Waals surface area contributed by atoms with Crippen LogP contribution in [0.1, 0.15) is 5.56 Å². The summed E-state index contributed by atoms with van der Waals surface area (Å²) in [5.74, 6) is 0.291. The SMILES string of the molecule is Cn1cc2c(nc1=O)NC(=O)OC2. The number of carbonyl (C=O) groups is 1. The van der Waals surface area contributed by atoms with Crippen LogP contribution in [0.3, 0.4) is 0 Å². The molecule has 1 aromatic rings. The van der Waals surface area contributed by atoms with Gasteiger partial charge >= 0.3 is 11.8 Å². The first-order chi connectivity index (χ1) is 6.16. The molecular weight excluding hydrogens is 174 g/mol. The molecule has 6 nitrogen and oxygen atoms in total. The minimum Gasteiger partial charge on any atom is -0.444 e. The molecule has 13 heavy (non-hydrogen) atoms. The van der Waals surface area contributed by atoms with Gasteiger partial charge in [0, 0.05) is 18.8 Å². The number of hydrogen-bond donors (Lipinski definition) is 1. The van der Waals surface area contributed by atoms with Crippen molar-refractivity contribution in [2.45, 2.75) is 6.61 Å². The van der Waals surface area contributed by atoms with Crippen LogP contribution in [0.4, 0.5) is 10.6 Å². The zero-order chi connectivity index (χ0) is 9.42. The van der Waals surface area contributed by atoms with Crippen molar-refractivity contribution in [3.8, 4) is 0 Å². The third-order valence-corrected chi connectivity index (χ3v) is 1.74. The number of cyclic esters (lactones) is 1. The highest BCUT2D eigenvalue weighted by Crippen LogP contribution is 2.15. The number of nitrogens with zero attached hydrogens (tertiary/aromatic N) is 2. The Bertz CT molecular complexity index is 423. The second-order valence-corrected chi connectivity index (χ2v) is 2.71. The summed E-state index contributed by atoms with van der Waals surface area (Å²) in [5, 5.41) is 2.34. The third-order valence-electron chi connectivity index (χ3n) is 1.74. The summed E-state index contributed by atoms with van der Waals surface area (Å²) in [6.45, 7) is 0.155. The number of aromatic nitrogens is 2. The fourth-order valence-electron chi connectivity index (χ4n) is 1.09. The van der Waals surface area contributed by atoms with Crippen LogP contribution in [0, 0.1) is 0 Å². The Balaban J connectivity index is 2.55. The van der Waals surface area contributed by atoms with E-state index < -0.39 is 11.8 Å². The maximum absolute atomic E-state index is 11.1. The van der Waals surface area contributed by atoms with Crippen LogP contribution in [0.5, 0.6) is 0 Å². The van der Waals surface area contributed by atoms with E-state index in [0.29, 0.717) is 11.4 Å². The number of amides is 1. The van der Waals surface area contributed by atoms with E-state index in [4.69, 9.17) is 4.74 Å². The van der Waals surface area contributed by atoms with Crippen LogP contribution >= 0.6 is 0 Å². The molecule has 0 saturated heterocycles. The standard InChI is InChI=1S/C7H7N3O3/c1-10-2-4-3-13-7(12)9-5(4)8-6(10)11/h2H,3H2,1H3,(H,8,9,11,12). The van der Waals surface area contributed by atoms with Gasteiger partial charge in [-0.1, -0.05) is 0 Å². The molecule has 68 valence electrons. The fourth-order valence-corrected chi connectivity index (χ4v) is 1.09. The first-order valence-corrected chi connectivity index (χ1v) is 3.67. The number of fused-ring (bicyclic) bond motifs is 1. The average Bonchev–Trinajstić information content (AvgIpc) is 2.08. The first-order valence-electron chi connectivity index (χ1n) is 3.67. The fraction of sp³-hybridized carbons (Fsp3) is 0.286. The van der Waals surface area contributed by atoms with Crippen LogP contribution in [0.25, 0.3) is 0 Å². The molecule has 1 aliphatic rings. The molecule has 0 saturated carbocycles. The van der Waals surface area contributed by atoms with Crippen molar-refractivity contribution < 1.29 is 9.53 Å². The number of carbonyl (C=O) groups excluding carboxylic acids is 1. The summed E-state index contributed by atoms with van der Waals surface area (Å²) in [5.41, 5.74) is 0.294. The van der Waals surface area contributed by atoms with E-state index in [0.717, 1.165) is 0 Å². The van der Waals surface area contributed by atoms with Gasteiger partial charge in [-0.15, -0.1) is 0 Å². The lowest BCUT2D eigenvalue weighted by molar-refractivity contribution is 0.150. The Morgan fingerprint density at radius 3 is 3.15 bits per heavy atom. The van der Waals surface area contributed by atoms with Gasteiger partial charge in [0.1, 0.15) is 12.4 Å². The van der Waals surface area contributed by atoms with Crippen LogP contribution in [0.2, 0.25) is 0 Å². The van der Waals surface area contributed by atoms with Gasteiger partial charge in [-0.05, 0) is 0 Å². The molecule has 0 aliphatic carbocycles. The summed E-state index contributed by atoms with van der Waals surface area (Å²) in [6, 6.07) is 0. The van der Waals surface area contributed by atoms with Crippen molar-refractivity contribution in [2.24, 2.45) is 7.05 Å². The van der Waals surface area contributed by atoms with Gasteiger partial charge in [0.15, 0.2) is 0 Å². The van der Waals surface area contributed by atoms with E-state index in [1.165, 1.54) is 4.57 Å². The smallest absolute Gasteiger partial charge is 0.413 e. The van der Waals surface area contributed by atoms with E-state index in [1.807, 2.05) is 0 Å². The van der Waals surface area contributed by atoms with Crippen LogP contribution in [0.15, 0.2) is 11.0 Å². The van der Waals surface area contributed by atoms with Gasteiger partial charge in [-0.25, -0.2) is 9.59 Å². The molecule has 0 atom stereocenters. The normalized spacial score (nSPS) is 14.4. The highest BCUT2D eigenvalue weighted by Gasteiger charge is 2.17. The van der Waals surface area contributed by atoms with Crippen molar-refractivity contribution >= 4 is 11.9 Å². The zero-order valence-electron chi connectivity index (χ0n) is 6.90. The molecule has 1 aromatic heterocycles. The lowest BCUT2D eigenvalue weighted by Crippen LogP contribution is -2.28. The van der Waals surface area contributed by atoms with E-state index in [-0.39, 0.29) is 6.61 Å². The number of ether oxygens (including phenoxy) is 1. The highest BCUT2D eigenvalue weighted by molar-refractivity contribution is 5.85. The molecule has 1 aliphatic heterocycles. The molecule has 0 fully saturated rings. The molecular formula is C7H7N3O3. The molecule has 1 amide bonds.